The number of carbonyl (C=O) groups excluding carboxylic acids is 3. The molecule has 0 spiro atoms. The maximum Gasteiger partial charge on any atom is 0.244 e. The molecule has 0 fully saturated rings. The molecule has 150 valence electrons. The Morgan fingerprint density at radius 1 is 1.19 bits per heavy atom. The van der Waals surface area contributed by atoms with Crippen molar-refractivity contribution in [2.24, 2.45) is 17.1 Å². The minimum absolute atomic E-state index is 0.182. The van der Waals surface area contributed by atoms with E-state index in [1.165, 1.54) is 0 Å². The van der Waals surface area contributed by atoms with Gasteiger partial charge in [-0.2, -0.15) is 0 Å². The zero-order valence-corrected chi connectivity index (χ0v) is 16.7. The van der Waals surface area contributed by atoms with Crippen molar-refractivity contribution in [3.05, 3.63) is 34.9 Å². The lowest BCUT2D eigenvalue weighted by molar-refractivity contribution is -0.136. The number of carbonyl (C=O) groups is 3. The van der Waals surface area contributed by atoms with E-state index in [1.54, 1.807) is 38.4 Å². The molecule has 0 unspecified atom stereocenters. The van der Waals surface area contributed by atoms with Crippen LogP contribution < -0.4 is 16.5 Å². The van der Waals surface area contributed by atoms with Gasteiger partial charge in [0.05, 0.1) is 0 Å². The molecule has 27 heavy (non-hydrogen) atoms. The Balaban J connectivity index is 2.76. The number of halogens is 1. The van der Waals surface area contributed by atoms with Gasteiger partial charge in [0, 0.05) is 17.4 Å². The average molecular weight is 398 g/mol. The van der Waals surface area contributed by atoms with Crippen molar-refractivity contribution >= 4 is 29.3 Å². The minimum atomic E-state index is -0.860. The molecule has 1 aromatic carbocycles. The van der Waals surface area contributed by atoms with Crippen LogP contribution >= 0.6 is 11.6 Å². The predicted octanol–water partition coefficient (Wildman–Crippen LogP) is 2.19. The molecule has 0 aliphatic carbocycles. The van der Waals surface area contributed by atoms with Gasteiger partial charge in [-0.25, -0.2) is 5.48 Å². The van der Waals surface area contributed by atoms with Crippen molar-refractivity contribution in [1.82, 2.24) is 10.8 Å². The van der Waals surface area contributed by atoms with Crippen molar-refractivity contribution in [2.75, 3.05) is 0 Å². The van der Waals surface area contributed by atoms with Crippen LogP contribution in [0.3, 0.4) is 0 Å². The van der Waals surface area contributed by atoms with Gasteiger partial charge >= 0.3 is 0 Å². The van der Waals surface area contributed by atoms with Crippen molar-refractivity contribution in [1.29, 1.82) is 0 Å². The molecule has 0 heterocycles. The van der Waals surface area contributed by atoms with Gasteiger partial charge in [0.1, 0.15) is 6.04 Å². The second kappa shape index (κ2) is 10.3. The number of nitrogens with one attached hydrogen (secondary N) is 2. The molecule has 0 aliphatic rings. The highest BCUT2D eigenvalue weighted by Gasteiger charge is 2.33. The van der Waals surface area contributed by atoms with Gasteiger partial charge < -0.3 is 11.1 Å². The summed E-state index contributed by atoms with van der Waals surface area (Å²) in [5.41, 5.74) is 7.45. The van der Waals surface area contributed by atoms with Crippen LogP contribution in [-0.4, -0.2) is 29.0 Å². The third-order valence-corrected chi connectivity index (χ3v) is 4.55. The summed E-state index contributed by atoms with van der Waals surface area (Å²) in [6, 6.07) is 6.53. The van der Waals surface area contributed by atoms with Gasteiger partial charge in [0.2, 0.25) is 17.7 Å². The first-order chi connectivity index (χ1) is 12.5. The summed E-state index contributed by atoms with van der Waals surface area (Å²) >= 11 is 5.86. The fourth-order valence-corrected chi connectivity index (χ4v) is 2.90. The highest BCUT2D eigenvalue weighted by molar-refractivity contribution is 6.30. The number of nitrogens with two attached hydrogens (primary N) is 1. The third-order valence-electron chi connectivity index (χ3n) is 4.30. The Hall–Kier alpha value is -2.12. The highest BCUT2D eigenvalue weighted by Crippen LogP contribution is 2.21. The SMILES string of the molecule is CC(C)(C)[C@@H](NC(=O)[C@H](CCCc1ccc(Cl)cc1)CC(=O)NO)C(N)=O. The Bertz CT molecular complexity index is 656. The standard InChI is InChI=1S/C19H28ClN3O4/c1-19(2,3)16(17(21)25)22-18(26)13(11-15(24)23-27)6-4-5-12-7-9-14(20)10-8-12/h7-10,13,16,27H,4-6,11H2,1-3H3,(H2,21,25)(H,22,26)(H,23,24)/t13-,16+/m1/s1. The van der Waals surface area contributed by atoms with Gasteiger partial charge in [-0.1, -0.05) is 44.5 Å². The molecule has 7 nitrogen and oxygen atoms in total. The summed E-state index contributed by atoms with van der Waals surface area (Å²) in [7, 11) is 0. The summed E-state index contributed by atoms with van der Waals surface area (Å²) in [5, 5.41) is 12.1. The van der Waals surface area contributed by atoms with Crippen molar-refractivity contribution in [3.8, 4) is 0 Å². The average Bonchev–Trinajstić information content (AvgIpc) is 2.58. The molecule has 0 aromatic heterocycles. The van der Waals surface area contributed by atoms with Crippen molar-refractivity contribution in [3.63, 3.8) is 0 Å². The van der Waals surface area contributed by atoms with Crippen LogP contribution in [0.1, 0.15) is 45.6 Å². The largest absolute Gasteiger partial charge is 0.368 e. The second-order valence-corrected chi connectivity index (χ2v) is 8.10. The van der Waals surface area contributed by atoms with Crippen molar-refractivity contribution in [2.45, 2.75) is 52.5 Å². The van der Waals surface area contributed by atoms with Crippen molar-refractivity contribution < 1.29 is 19.6 Å². The van der Waals surface area contributed by atoms with Gasteiger partial charge in [-0.05, 0) is 42.4 Å². The van der Waals surface area contributed by atoms with Crippen LogP contribution in [-0.2, 0) is 20.8 Å². The molecule has 0 aliphatic heterocycles. The number of amides is 3. The quantitative estimate of drug-likeness (QED) is 0.377. The fraction of sp³-hybridized carbons (Fsp3) is 0.526. The maximum atomic E-state index is 12.6. The van der Waals surface area contributed by atoms with E-state index in [1.807, 2.05) is 12.1 Å². The molecule has 0 bridgehead atoms. The zero-order chi connectivity index (χ0) is 20.6. The van der Waals surface area contributed by atoms with Gasteiger partial charge in [0.25, 0.3) is 0 Å². The number of hydrogen-bond acceptors (Lipinski definition) is 4. The summed E-state index contributed by atoms with van der Waals surface area (Å²) in [5.74, 6) is -2.42. The Labute approximate surface area is 164 Å². The number of hydrogen-bond donors (Lipinski definition) is 4. The summed E-state index contributed by atoms with van der Waals surface area (Å²) in [6.07, 6.45) is 1.59. The predicted molar refractivity (Wildman–Crippen MR) is 103 cm³/mol. The normalized spacial score (nSPS) is 13.5. The van der Waals surface area contributed by atoms with Gasteiger partial charge in [-0.3, -0.25) is 19.6 Å². The first-order valence-corrected chi connectivity index (χ1v) is 9.19. The number of primary amides is 1. The molecule has 1 rings (SSSR count). The van der Waals surface area contributed by atoms with E-state index in [9.17, 15) is 14.4 Å². The number of hydroxylamine groups is 1. The Kier molecular flexibility index (Phi) is 8.72. The summed E-state index contributed by atoms with van der Waals surface area (Å²) < 4.78 is 0. The third kappa shape index (κ3) is 7.97. The van der Waals surface area contributed by atoms with E-state index < -0.39 is 35.1 Å². The lowest BCUT2D eigenvalue weighted by atomic mass is 9.85. The minimum Gasteiger partial charge on any atom is -0.368 e. The second-order valence-electron chi connectivity index (χ2n) is 7.66. The van der Waals surface area contributed by atoms with Crippen LogP contribution in [0.15, 0.2) is 24.3 Å². The summed E-state index contributed by atoms with van der Waals surface area (Å²) in [6.45, 7) is 5.37. The van der Waals surface area contributed by atoms with Crippen LogP contribution in [0.2, 0.25) is 5.02 Å². The molecule has 0 radical (unpaired) electrons. The zero-order valence-electron chi connectivity index (χ0n) is 15.9. The van der Waals surface area contributed by atoms with E-state index in [4.69, 9.17) is 22.5 Å². The number of rotatable bonds is 9. The van der Waals surface area contributed by atoms with E-state index in [0.717, 1.165) is 5.56 Å². The highest BCUT2D eigenvalue weighted by atomic mass is 35.5. The molecule has 2 atom stereocenters. The molecule has 8 heteroatoms. The molecule has 1 aromatic rings. The fourth-order valence-electron chi connectivity index (χ4n) is 2.77. The first-order valence-electron chi connectivity index (χ1n) is 8.81. The van der Waals surface area contributed by atoms with Gasteiger partial charge in [0.15, 0.2) is 0 Å². The van der Waals surface area contributed by atoms with Crippen LogP contribution in [0, 0.1) is 11.3 Å². The lowest BCUT2D eigenvalue weighted by Gasteiger charge is -2.30. The monoisotopic (exact) mass is 397 g/mol. The molecular weight excluding hydrogens is 370 g/mol. The first kappa shape index (κ1) is 22.9. The van der Waals surface area contributed by atoms with E-state index in [2.05, 4.69) is 5.32 Å². The Morgan fingerprint density at radius 3 is 2.26 bits per heavy atom. The van der Waals surface area contributed by atoms with E-state index in [0.29, 0.717) is 24.3 Å². The Morgan fingerprint density at radius 2 is 1.78 bits per heavy atom. The van der Waals surface area contributed by atoms with Crippen LogP contribution in [0.25, 0.3) is 0 Å². The number of aryl methyl sites for hydroxylation is 1. The molecule has 3 amide bonds. The molecule has 5 N–H and O–H groups in total. The van der Waals surface area contributed by atoms with E-state index >= 15 is 0 Å². The topological polar surface area (TPSA) is 122 Å². The van der Waals surface area contributed by atoms with Crippen LogP contribution in [0.5, 0.6) is 0 Å². The van der Waals surface area contributed by atoms with Crippen LogP contribution in [0.4, 0.5) is 0 Å². The molecular formula is C19H28ClN3O4. The molecule has 0 saturated heterocycles. The van der Waals surface area contributed by atoms with Gasteiger partial charge in [-0.15, -0.1) is 0 Å². The molecule has 0 saturated carbocycles. The smallest absolute Gasteiger partial charge is 0.244 e. The van der Waals surface area contributed by atoms with E-state index in [-0.39, 0.29) is 6.42 Å². The lowest BCUT2D eigenvalue weighted by Crippen LogP contribution is -2.53. The number of benzene rings is 1. The maximum absolute atomic E-state index is 12.6. The summed E-state index contributed by atoms with van der Waals surface area (Å²) in [4.78, 5) is 35.9.